The third-order valence-electron chi connectivity index (χ3n) is 10.2. The Morgan fingerprint density at radius 3 is 2.64 bits per heavy atom. The maximum absolute atomic E-state index is 13.4. The number of allylic oxidation sites excluding steroid dienone is 1. The average molecular weight is 692 g/mol. The zero-order valence-electron chi connectivity index (χ0n) is 29.9. The van der Waals surface area contributed by atoms with Crippen LogP contribution in [-0.2, 0) is 20.9 Å². The molecule has 50 heavy (non-hydrogen) atoms. The lowest BCUT2D eigenvalue weighted by atomic mass is 9.55. The first kappa shape index (κ1) is 37.3. The molecule has 0 unspecified atom stereocenters. The van der Waals surface area contributed by atoms with Crippen molar-refractivity contribution in [1.29, 1.82) is 0 Å². The van der Waals surface area contributed by atoms with Crippen LogP contribution in [0.25, 0.3) is 0 Å². The zero-order chi connectivity index (χ0) is 35.7. The summed E-state index contributed by atoms with van der Waals surface area (Å²) in [4.78, 5) is 25.0. The number of fused-ring (bicyclic) bond motifs is 2. The molecule has 11 heteroatoms. The standard InChI is InChI=1S/C39H53N3O8/c1-6-21-49-39-35(42(4)38(45)47-7-2)24-33(41-46-5)31-22-27(14-8-10-19-43)30(16-9-11-20-44)36(37(31)39)32-23-29(17-18-34(32)50-39)48-25-28-15-12-13-26(3)40-28/h6,12-13,15,17-18,22-23,27,30,35-37,43-44H,1,7-11,14,16,19-21,24-25H2,2-5H3/t27-,30+,35-,36+,37+,39+/m0/s1. The number of aliphatic hydroxyl groups is 2. The summed E-state index contributed by atoms with van der Waals surface area (Å²) < 4.78 is 25.8. The van der Waals surface area contributed by atoms with E-state index in [1.807, 2.05) is 37.3 Å². The maximum Gasteiger partial charge on any atom is 0.409 e. The highest BCUT2D eigenvalue weighted by Gasteiger charge is 2.65. The Morgan fingerprint density at radius 2 is 1.94 bits per heavy atom. The molecule has 6 atom stereocenters. The van der Waals surface area contributed by atoms with Crippen molar-refractivity contribution >= 4 is 11.8 Å². The third-order valence-corrected chi connectivity index (χ3v) is 10.2. The van der Waals surface area contributed by atoms with E-state index in [1.165, 1.54) is 7.11 Å². The first-order valence-electron chi connectivity index (χ1n) is 17.9. The van der Waals surface area contributed by atoms with Crippen LogP contribution in [0.1, 0.15) is 74.7 Å². The number of pyridine rings is 1. The molecule has 2 heterocycles. The number of likely N-dealkylation sites (N-methyl/N-ethyl adjacent to an activating group) is 1. The van der Waals surface area contributed by atoms with Crippen molar-refractivity contribution in [2.75, 3.05) is 40.6 Å². The van der Waals surface area contributed by atoms with Crippen molar-refractivity contribution in [1.82, 2.24) is 9.88 Å². The number of ether oxygens (including phenoxy) is 4. The molecule has 1 aromatic heterocycles. The Hall–Kier alpha value is -3.93. The lowest BCUT2D eigenvalue weighted by molar-refractivity contribution is -0.253. The molecule has 0 spiro atoms. The monoisotopic (exact) mass is 691 g/mol. The van der Waals surface area contributed by atoms with Gasteiger partial charge in [0.2, 0.25) is 5.79 Å². The molecule has 2 aromatic rings. The van der Waals surface area contributed by atoms with Crippen molar-refractivity contribution in [3.05, 3.63) is 77.7 Å². The molecule has 1 fully saturated rings. The summed E-state index contributed by atoms with van der Waals surface area (Å²) >= 11 is 0. The van der Waals surface area contributed by atoms with Gasteiger partial charge >= 0.3 is 6.09 Å². The van der Waals surface area contributed by atoms with Gasteiger partial charge in [0.05, 0.1) is 30.5 Å². The van der Waals surface area contributed by atoms with Gasteiger partial charge in [-0.2, -0.15) is 0 Å². The number of benzene rings is 1. The normalized spacial score (nSPS) is 25.8. The van der Waals surface area contributed by atoms with Crippen LogP contribution in [0, 0.1) is 24.7 Å². The van der Waals surface area contributed by atoms with Gasteiger partial charge in [-0.15, -0.1) is 6.58 Å². The van der Waals surface area contributed by atoms with E-state index in [-0.39, 0.29) is 50.1 Å². The molecular weight excluding hydrogens is 638 g/mol. The van der Waals surface area contributed by atoms with E-state index in [4.69, 9.17) is 23.8 Å². The summed E-state index contributed by atoms with van der Waals surface area (Å²) in [6.07, 6.45) is 8.64. The zero-order valence-corrected chi connectivity index (χ0v) is 29.9. The van der Waals surface area contributed by atoms with Crippen molar-refractivity contribution < 1.29 is 38.8 Å². The van der Waals surface area contributed by atoms with Crippen LogP contribution >= 0.6 is 0 Å². The number of hydrogen-bond acceptors (Lipinski definition) is 10. The van der Waals surface area contributed by atoms with E-state index in [1.54, 1.807) is 24.9 Å². The lowest BCUT2D eigenvalue weighted by Gasteiger charge is -2.59. The SMILES string of the molecule is C=CCO[C@@]12Oc3ccc(OCc4cccc(C)n4)cc3[C@H]3[C@H](CCCCO)[C@@H](CCCCO)C=C(C(=NOC)C[C@@H]1N(C)C(=O)OCC)[C@H]32. The molecule has 0 saturated heterocycles. The first-order valence-corrected chi connectivity index (χ1v) is 17.9. The van der Waals surface area contributed by atoms with E-state index >= 15 is 0 Å². The predicted octanol–water partition coefficient (Wildman–Crippen LogP) is 6.32. The Bertz CT molecular complexity index is 1530. The Balaban J connectivity index is 1.70. The van der Waals surface area contributed by atoms with Gasteiger partial charge in [-0.05, 0) is 87.3 Å². The van der Waals surface area contributed by atoms with Gasteiger partial charge in [0.25, 0.3) is 0 Å². The molecule has 2 N–H and O–H groups in total. The van der Waals surface area contributed by atoms with Crippen molar-refractivity contribution in [3.8, 4) is 11.5 Å². The molecular formula is C39H53N3O8. The molecule has 1 saturated carbocycles. The molecule has 272 valence electrons. The van der Waals surface area contributed by atoms with Crippen LogP contribution in [0.2, 0.25) is 0 Å². The number of carbonyl (C=O) groups excluding carboxylic acids is 1. The van der Waals surface area contributed by atoms with Crippen LogP contribution in [0.15, 0.2) is 65.9 Å². The average Bonchev–Trinajstić information content (AvgIpc) is 3.11. The second-order valence-corrected chi connectivity index (χ2v) is 13.3. The highest BCUT2D eigenvalue weighted by Crippen LogP contribution is 2.61. The van der Waals surface area contributed by atoms with Crippen LogP contribution in [-0.4, -0.2) is 84.3 Å². The summed E-state index contributed by atoms with van der Waals surface area (Å²) in [7, 11) is 3.24. The Kier molecular flexibility index (Phi) is 12.9. The molecule has 3 aliphatic rings. The van der Waals surface area contributed by atoms with Gasteiger partial charge in [0.1, 0.15) is 31.3 Å². The lowest BCUT2D eigenvalue weighted by Crippen LogP contribution is -2.69. The van der Waals surface area contributed by atoms with Crippen molar-refractivity contribution in [3.63, 3.8) is 0 Å². The number of aliphatic hydroxyl groups excluding tert-OH is 2. The minimum atomic E-state index is -1.31. The highest BCUT2D eigenvalue weighted by molar-refractivity contribution is 6.02. The fourth-order valence-electron chi connectivity index (χ4n) is 8.12. The van der Waals surface area contributed by atoms with Gasteiger partial charge in [-0.1, -0.05) is 36.2 Å². The quantitative estimate of drug-likeness (QED) is 0.111. The van der Waals surface area contributed by atoms with Gasteiger partial charge in [-0.3, -0.25) is 4.98 Å². The Morgan fingerprint density at radius 1 is 1.16 bits per heavy atom. The van der Waals surface area contributed by atoms with Crippen LogP contribution in [0.4, 0.5) is 4.79 Å². The molecule has 1 amide bonds. The Labute approximate surface area is 295 Å². The van der Waals surface area contributed by atoms with Gasteiger partial charge in [0.15, 0.2) is 0 Å². The summed E-state index contributed by atoms with van der Waals surface area (Å²) in [5.41, 5.74) is 4.45. The molecule has 0 bridgehead atoms. The van der Waals surface area contributed by atoms with Gasteiger partial charge < -0.3 is 38.9 Å². The predicted molar refractivity (Wildman–Crippen MR) is 190 cm³/mol. The highest BCUT2D eigenvalue weighted by atomic mass is 16.7. The van der Waals surface area contributed by atoms with Crippen LogP contribution in [0.5, 0.6) is 11.5 Å². The number of oxime groups is 1. The summed E-state index contributed by atoms with van der Waals surface area (Å²) in [6, 6.07) is 11.2. The number of aryl methyl sites for hydroxylation is 1. The largest absolute Gasteiger partial charge is 0.487 e. The number of hydrogen-bond donors (Lipinski definition) is 2. The van der Waals surface area contributed by atoms with Crippen molar-refractivity contribution in [2.45, 2.75) is 83.1 Å². The maximum atomic E-state index is 13.4. The van der Waals surface area contributed by atoms with E-state index < -0.39 is 17.9 Å². The van der Waals surface area contributed by atoms with Crippen LogP contribution in [0.3, 0.4) is 0 Å². The summed E-state index contributed by atoms with van der Waals surface area (Å²) in [5.74, 6) is -0.226. The molecule has 0 radical (unpaired) electrons. The van der Waals surface area contributed by atoms with Gasteiger partial charge in [0, 0.05) is 43.9 Å². The summed E-state index contributed by atoms with van der Waals surface area (Å²) in [6.45, 7) is 8.66. The molecule has 1 aliphatic heterocycles. The van der Waals surface area contributed by atoms with E-state index in [2.05, 4.69) is 28.9 Å². The third kappa shape index (κ3) is 7.85. The molecule has 11 nitrogen and oxygen atoms in total. The topological polar surface area (TPSA) is 132 Å². The second-order valence-electron chi connectivity index (χ2n) is 13.3. The number of carbonyl (C=O) groups is 1. The fourth-order valence-corrected chi connectivity index (χ4v) is 8.12. The van der Waals surface area contributed by atoms with Crippen LogP contribution < -0.4 is 9.47 Å². The number of aromatic nitrogens is 1. The smallest absolute Gasteiger partial charge is 0.409 e. The summed E-state index contributed by atoms with van der Waals surface area (Å²) in [5, 5.41) is 24.0. The second kappa shape index (κ2) is 17.3. The number of rotatable bonds is 17. The molecule has 2 aliphatic carbocycles. The number of unbranched alkanes of at least 4 members (excludes halogenated alkanes) is 2. The van der Waals surface area contributed by atoms with E-state index in [9.17, 15) is 15.0 Å². The van der Waals surface area contributed by atoms with E-state index in [0.717, 1.165) is 53.9 Å². The minimum Gasteiger partial charge on any atom is -0.487 e. The fraction of sp³-hybridized carbons (Fsp3) is 0.564. The number of nitrogens with zero attached hydrogens (tertiary/aromatic N) is 3. The minimum absolute atomic E-state index is 0.116. The van der Waals surface area contributed by atoms with Crippen molar-refractivity contribution in [2.24, 2.45) is 22.9 Å². The van der Waals surface area contributed by atoms with E-state index in [0.29, 0.717) is 37.4 Å². The first-order chi connectivity index (χ1) is 24.3. The number of amides is 1. The molecule has 5 rings (SSSR count). The van der Waals surface area contributed by atoms with Gasteiger partial charge in [-0.25, -0.2) is 4.79 Å². The molecule has 1 aromatic carbocycles.